The zero-order chi connectivity index (χ0) is 35.4. The third-order valence-electron chi connectivity index (χ3n) is 8.73. The summed E-state index contributed by atoms with van der Waals surface area (Å²) in [5.74, 6) is -0.796. The number of ether oxygens (including phenoxy) is 2. The van der Waals surface area contributed by atoms with Crippen molar-refractivity contribution < 1.29 is 37.6 Å². The molecule has 0 aliphatic carbocycles. The molecule has 0 spiro atoms. The van der Waals surface area contributed by atoms with Crippen molar-refractivity contribution in [2.24, 2.45) is 0 Å². The largest absolute Gasteiger partial charge is 0.472 e. The molecule has 48 heavy (non-hydrogen) atoms. The van der Waals surface area contributed by atoms with E-state index in [0.29, 0.717) is 19.4 Å². The van der Waals surface area contributed by atoms with E-state index in [2.05, 4.69) is 19.2 Å². The van der Waals surface area contributed by atoms with Gasteiger partial charge in [-0.15, -0.1) is 0 Å². The van der Waals surface area contributed by atoms with Crippen LogP contribution in [0.4, 0.5) is 0 Å². The van der Waals surface area contributed by atoms with Gasteiger partial charge in [0.05, 0.1) is 13.2 Å². The SMILES string of the molecule is CCCCCCCCCCCCCCCCCC(=O)OCC(COP(=O)(O)OCCNC)OC(=O)CCCCCCCCCCCCC. The number of phosphoric acid groups is 1. The minimum absolute atomic E-state index is 0.0121. The fourth-order valence-electron chi connectivity index (χ4n) is 5.67. The van der Waals surface area contributed by atoms with E-state index in [1.165, 1.54) is 128 Å². The Morgan fingerprint density at radius 3 is 1.33 bits per heavy atom. The number of carbonyl (C=O) groups excluding carboxylic acids is 2. The van der Waals surface area contributed by atoms with E-state index in [1.54, 1.807) is 7.05 Å². The third kappa shape index (κ3) is 34.9. The number of rotatable bonds is 38. The van der Waals surface area contributed by atoms with Gasteiger partial charge in [0.2, 0.25) is 0 Å². The third-order valence-corrected chi connectivity index (χ3v) is 9.71. The molecule has 2 atom stereocenters. The van der Waals surface area contributed by atoms with Gasteiger partial charge < -0.3 is 19.7 Å². The highest BCUT2D eigenvalue weighted by molar-refractivity contribution is 7.47. The zero-order valence-corrected chi connectivity index (χ0v) is 32.4. The first-order chi connectivity index (χ1) is 23.3. The fourth-order valence-corrected chi connectivity index (χ4v) is 6.42. The van der Waals surface area contributed by atoms with Gasteiger partial charge in [-0.1, -0.05) is 168 Å². The number of phosphoric ester groups is 1. The van der Waals surface area contributed by atoms with Crippen molar-refractivity contribution in [1.29, 1.82) is 0 Å². The molecule has 10 heteroatoms. The summed E-state index contributed by atoms with van der Waals surface area (Å²) < 4.78 is 33.1. The van der Waals surface area contributed by atoms with Crippen molar-refractivity contribution in [3.63, 3.8) is 0 Å². The molecule has 0 aromatic carbocycles. The summed E-state index contributed by atoms with van der Waals surface area (Å²) in [6.07, 6.45) is 31.4. The summed E-state index contributed by atoms with van der Waals surface area (Å²) in [5, 5.41) is 2.82. The van der Waals surface area contributed by atoms with Crippen molar-refractivity contribution in [3.8, 4) is 0 Å². The normalized spacial score (nSPS) is 13.3. The van der Waals surface area contributed by atoms with Crippen LogP contribution < -0.4 is 5.32 Å². The first-order valence-electron chi connectivity index (χ1n) is 20.0. The van der Waals surface area contributed by atoms with Crippen molar-refractivity contribution in [2.75, 3.05) is 33.4 Å². The van der Waals surface area contributed by atoms with Crippen LogP contribution in [0, 0.1) is 0 Å². The highest BCUT2D eigenvalue weighted by Gasteiger charge is 2.26. The number of esters is 2. The second-order valence-electron chi connectivity index (χ2n) is 13.5. The lowest BCUT2D eigenvalue weighted by atomic mass is 10.0. The van der Waals surface area contributed by atoms with Crippen LogP contribution in [-0.2, 0) is 32.7 Å². The molecule has 0 aromatic heterocycles. The van der Waals surface area contributed by atoms with Gasteiger partial charge in [0.15, 0.2) is 6.10 Å². The van der Waals surface area contributed by atoms with E-state index in [1.807, 2.05) is 0 Å². The molecular formula is C38H76NO8P. The second kappa shape index (κ2) is 35.8. The van der Waals surface area contributed by atoms with Gasteiger partial charge in [0.25, 0.3) is 0 Å². The number of nitrogens with one attached hydrogen (secondary N) is 1. The Morgan fingerprint density at radius 2 is 0.938 bits per heavy atom. The molecule has 286 valence electrons. The molecule has 0 saturated carbocycles. The monoisotopic (exact) mass is 706 g/mol. The average molecular weight is 706 g/mol. The van der Waals surface area contributed by atoms with Gasteiger partial charge >= 0.3 is 19.8 Å². The van der Waals surface area contributed by atoms with Crippen LogP contribution in [0.2, 0.25) is 0 Å². The maximum absolute atomic E-state index is 12.5. The summed E-state index contributed by atoms with van der Waals surface area (Å²) in [7, 11) is -2.63. The van der Waals surface area contributed by atoms with Crippen LogP contribution in [0.15, 0.2) is 0 Å². The molecule has 0 aromatic rings. The molecule has 0 amide bonds. The van der Waals surface area contributed by atoms with E-state index in [-0.39, 0.29) is 25.6 Å². The predicted molar refractivity (Wildman–Crippen MR) is 197 cm³/mol. The Hall–Kier alpha value is -0.990. The van der Waals surface area contributed by atoms with Gasteiger partial charge in [-0.3, -0.25) is 18.6 Å². The average Bonchev–Trinajstić information content (AvgIpc) is 3.06. The molecule has 0 aliphatic rings. The molecule has 0 rings (SSSR count). The van der Waals surface area contributed by atoms with Gasteiger partial charge in [0, 0.05) is 19.4 Å². The smallest absolute Gasteiger partial charge is 0.462 e. The Labute approximate surface area is 295 Å². The molecule has 0 fully saturated rings. The predicted octanol–water partition coefficient (Wildman–Crippen LogP) is 10.8. The first-order valence-corrected chi connectivity index (χ1v) is 21.5. The number of unbranched alkanes of at least 4 members (excludes halogenated alkanes) is 24. The summed E-state index contributed by atoms with van der Waals surface area (Å²) in [6, 6.07) is 0. The maximum Gasteiger partial charge on any atom is 0.472 e. The Kier molecular flexibility index (Phi) is 35.1. The molecule has 0 bridgehead atoms. The van der Waals surface area contributed by atoms with E-state index in [0.717, 1.165) is 32.1 Å². The van der Waals surface area contributed by atoms with Gasteiger partial charge in [0.1, 0.15) is 6.61 Å². The molecule has 0 heterocycles. The molecule has 2 unspecified atom stereocenters. The highest BCUT2D eigenvalue weighted by atomic mass is 31.2. The number of hydrogen-bond acceptors (Lipinski definition) is 8. The number of hydrogen-bond donors (Lipinski definition) is 2. The quantitative estimate of drug-likeness (QED) is 0.0367. The van der Waals surface area contributed by atoms with Crippen molar-refractivity contribution in [1.82, 2.24) is 5.32 Å². The van der Waals surface area contributed by atoms with Crippen molar-refractivity contribution >= 4 is 19.8 Å². The second-order valence-corrected chi connectivity index (χ2v) is 14.9. The molecule has 0 aliphatic heterocycles. The summed E-state index contributed by atoms with van der Waals surface area (Å²) in [4.78, 5) is 34.9. The fraction of sp³-hybridized carbons (Fsp3) is 0.947. The minimum atomic E-state index is -4.33. The van der Waals surface area contributed by atoms with Gasteiger partial charge in [-0.2, -0.15) is 0 Å². The molecule has 0 radical (unpaired) electrons. The van der Waals surface area contributed by atoms with Crippen LogP contribution in [0.1, 0.15) is 194 Å². The van der Waals surface area contributed by atoms with Crippen molar-refractivity contribution in [3.05, 3.63) is 0 Å². The lowest BCUT2D eigenvalue weighted by Gasteiger charge is -2.20. The summed E-state index contributed by atoms with van der Waals surface area (Å²) in [6.45, 7) is 4.24. The Balaban J connectivity index is 4.21. The Morgan fingerprint density at radius 1 is 0.562 bits per heavy atom. The lowest BCUT2D eigenvalue weighted by Crippen LogP contribution is -2.29. The Bertz CT molecular complexity index is 769. The van der Waals surface area contributed by atoms with Crippen LogP contribution in [0.3, 0.4) is 0 Å². The summed E-state index contributed by atoms with van der Waals surface area (Å²) >= 11 is 0. The lowest BCUT2D eigenvalue weighted by molar-refractivity contribution is -0.161. The molecule has 0 saturated heterocycles. The van der Waals surface area contributed by atoms with Crippen LogP contribution >= 0.6 is 7.82 Å². The topological polar surface area (TPSA) is 120 Å². The van der Waals surface area contributed by atoms with Crippen LogP contribution in [0.25, 0.3) is 0 Å². The van der Waals surface area contributed by atoms with Crippen LogP contribution in [-0.4, -0.2) is 56.3 Å². The van der Waals surface area contributed by atoms with E-state index >= 15 is 0 Å². The molecular weight excluding hydrogens is 629 g/mol. The zero-order valence-electron chi connectivity index (χ0n) is 31.5. The maximum atomic E-state index is 12.5. The molecule has 2 N–H and O–H groups in total. The highest BCUT2D eigenvalue weighted by Crippen LogP contribution is 2.43. The van der Waals surface area contributed by atoms with E-state index < -0.39 is 26.5 Å². The van der Waals surface area contributed by atoms with E-state index in [4.69, 9.17) is 18.5 Å². The minimum Gasteiger partial charge on any atom is -0.462 e. The van der Waals surface area contributed by atoms with Gasteiger partial charge in [-0.25, -0.2) is 4.57 Å². The summed E-state index contributed by atoms with van der Waals surface area (Å²) in [5.41, 5.74) is 0. The standard InChI is InChI=1S/C38H76NO8P/c1-4-6-8-10-12-14-16-17-18-19-21-22-24-26-28-30-37(40)44-34-36(35-46-48(42,43)45-33-32-39-3)47-38(41)31-29-27-25-23-20-15-13-11-9-7-5-2/h36,39H,4-35H2,1-3H3,(H,42,43). The van der Waals surface area contributed by atoms with Crippen LogP contribution in [0.5, 0.6) is 0 Å². The number of carbonyl (C=O) groups is 2. The van der Waals surface area contributed by atoms with Gasteiger partial charge in [-0.05, 0) is 19.9 Å². The van der Waals surface area contributed by atoms with Crippen molar-refractivity contribution in [2.45, 2.75) is 200 Å². The number of likely N-dealkylation sites (N-methyl/N-ethyl adjacent to an activating group) is 1. The van der Waals surface area contributed by atoms with E-state index in [9.17, 15) is 19.0 Å². The molecule has 9 nitrogen and oxygen atoms in total. The first kappa shape index (κ1) is 47.0.